The number of carbonyl (C=O) groups excluding carboxylic acids is 9. The third-order valence-electron chi connectivity index (χ3n) is 6.10. The van der Waals surface area contributed by atoms with Crippen LogP contribution >= 0.6 is 0 Å². The molecule has 0 radical (unpaired) electrons. The van der Waals surface area contributed by atoms with Crippen molar-refractivity contribution in [2.75, 3.05) is 108 Å². The number of aliphatic carboxylic acids is 1. The van der Waals surface area contributed by atoms with Crippen molar-refractivity contribution in [3.05, 3.63) is 0 Å². The zero-order valence-corrected chi connectivity index (χ0v) is 27.3. The number of amides is 9. The second kappa shape index (κ2) is 21.4. The lowest BCUT2D eigenvalue weighted by Gasteiger charge is -2.20. The monoisotopic (exact) mass is 672 g/mol. The SMILES string of the molecule is CNCC(=O)N(C)CC(=O)NCC(=O)N(C)CC(=O)NCC(=O)N(C)CC(=O)NCC(=O)N(C)CC(=O)NCC(=O)N(C)CC(=O)O. The van der Waals surface area contributed by atoms with Crippen molar-refractivity contribution in [1.29, 1.82) is 0 Å². The van der Waals surface area contributed by atoms with E-state index in [1.165, 1.54) is 40.1 Å². The molecule has 0 aromatic rings. The van der Waals surface area contributed by atoms with E-state index in [2.05, 4.69) is 26.6 Å². The van der Waals surface area contributed by atoms with E-state index in [4.69, 9.17) is 5.11 Å². The van der Waals surface area contributed by atoms with Gasteiger partial charge in [-0.25, -0.2) is 0 Å². The Kier molecular flexibility index (Phi) is 19.0. The molecule has 9 amide bonds. The Morgan fingerprint density at radius 1 is 0.404 bits per heavy atom. The summed E-state index contributed by atoms with van der Waals surface area (Å²) in [6.07, 6.45) is 0. The summed E-state index contributed by atoms with van der Waals surface area (Å²) in [5.74, 6) is -6.79. The number of rotatable bonds is 20. The van der Waals surface area contributed by atoms with Gasteiger partial charge in [-0.1, -0.05) is 0 Å². The first-order chi connectivity index (χ1) is 21.9. The molecule has 0 bridgehead atoms. The van der Waals surface area contributed by atoms with Gasteiger partial charge in [-0.15, -0.1) is 0 Å². The standard InChI is InChI=1S/C26H44N10O11/c1-27-7-21(41)32(2)12-17(37)28-8-22(42)33(3)13-18(38)29-9-23(43)34(4)14-19(39)30-10-24(44)35(5)15-20(40)31-11-25(45)36(6)16-26(46)47/h27H,7-16H2,1-6H3,(H,28,37)(H,29,38)(H,30,39)(H,31,40)(H,46,47). The molecule has 0 unspecified atom stereocenters. The van der Waals surface area contributed by atoms with E-state index in [1.807, 2.05) is 0 Å². The highest BCUT2D eigenvalue weighted by molar-refractivity contribution is 5.93. The highest BCUT2D eigenvalue weighted by Gasteiger charge is 2.20. The Morgan fingerprint density at radius 3 is 0.830 bits per heavy atom. The fourth-order valence-corrected chi connectivity index (χ4v) is 3.25. The van der Waals surface area contributed by atoms with Crippen LogP contribution in [-0.2, 0) is 47.9 Å². The Morgan fingerprint density at radius 2 is 0.617 bits per heavy atom. The van der Waals surface area contributed by atoms with Gasteiger partial charge in [-0.05, 0) is 7.05 Å². The highest BCUT2D eigenvalue weighted by atomic mass is 16.4. The van der Waals surface area contributed by atoms with Crippen LogP contribution in [0.1, 0.15) is 0 Å². The Hall–Kier alpha value is -5.34. The molecular weight excluding hydrogens is 628 g/mol. The summed E-state index contributed by atoms with van der Waals surface area (Å²) in [7, 11) is 8.13. The molecule has 0 aliphatic rings. The molecule has 0 aliphatic carbocycles. The Bertz CT molecular complexity index is 1200. The zero-order chi connectivity index (χ0) is 36.3. The van der Waals surface area contributed by atoms with Crippen LogP contribution in [0, 0.1) is 0 Å². The van der Waals surface area contributed by atoms with Crippen LogP contribution < -0.4 is 26.6 Å². The second-order valence-electron chi connectivity index (χ2n) is 10.3. The van der Waals surface area contributed by atoms with Gasteiger partial charge in [-0.2, -0.15) is 0 Å². The lowest BCUT2D eigenvalue weighted by Crippen LogP contribution is -2.48. The van der Waals surface area contributed by atoms with Crippen LogP contribution in [0.15, 0.2) is 0 Å². The van der Waals surface area contributed by atoms with Gasteiger partial charge < -0.3 is 56.2 Å². The molecule has 47 heavy (non-hydrogen) atoms. The maximum absolute atomic E-state index is 12.3. The maximum Gasteiger partial charge on any atom is 0.323 e. The van der Waals surface area contributed by atoms with Gasteiger partial charge in [0.05, 0.1) is 58.9 Å². The molecule has 6 N–H and O–H groups in total. The van der Waals surface area contributed by atoms with Crippen LogP contribution in [-0.4, -0.2) is 196 Å². The number of likely N-dealkylation sites (N-methyl/N-ethyl adjacent to an activating group) is 6. The molecule has 0 saturated heterocycles. The first-order valence-electron chi connectivity index (χ1n) is 14.0. The van der Waals surface area contributed by atoms with Crippen molar-refractivity contribution in [3.63, 3.8) is 0 Å². The second-order valence-corrected chi connectivity index (χ2v) is 10.3. The molecule has 21 nitrogen and oxygen atoms in total. The molecule has 0 spiro atoms. The fourth-order valence-electron chi connectivity index (χ4n) is 3.25. The minimum Gasteiger partial charge on any atom is -0.480 e. The normalized spacial score (nSPS) is 10.1. The molecule has 0 fully saturated rings. The first kappa shape index (κ1) is 41.7. The molecule has 0 aromatic heterocycles. The summed E-state index contributed by atoms with van der Waals surface area (Å²) in [4.78, 5) is 124. The summed E-state index contributed by atoms with van der Waals surface area (Å²) in [6.45, 7) is -4.02. The van der Waals surface area contributed by atoms with Crippen LogP contribution in [0.25, 0.3) is 0 Å². The molecule has 21 heteroatoms. The molecule has 0 saturated carbocycles. The number of carboxylic acids is 1. The van der Waals surface area contributed by atoms with Crippen LogP contribution in [0.5, 0.6) is 0 Å². The molecule has 0 heterocycles. The average molecular weight is 673 g/mol. The number of hydrogen-bond donors (Lipinski definition) is 6. The largest absolute Gasteiger partial charge is 0.480 e. The Balaban J connectivity index is 4.41. The van der Waals surface area contributed by atoms with Gasteiger partial charge in [0.25, 0.3) is 0 Å². The van der Waals surface area contributed by atoms with E-state index in [1.54, 1.807) is 7.05 Å². The minimum absolute atomic E-state index is 0.0423. The first-order valence-corrected chi connectivity index (χ1v) is 14.0. The lowest BCUT2D eigenvalue weighted by molar-refractivity contribution is -0.143. The predicted molar refractivity (Wildman–Crippen MR) is 162 cm³/mol. The quantitative estimate of drug-likeness (QED) is 0.0705. The maximum atomic E-state index is 12.3. The molecule has 0 rings (SSSR count). The van der Waals surface area contributed by atoms with Gasteiger partial charge >= 0.3 is 5.97 Å². The summed E-state index contributed by atoms with van der Waals surface area (Å²) < 4.78 is 0. The Labute approximate surface area is 271 Å². The van der Waals surface area contributed by atoms with E-state index in [9.17, 15) is 47.9 Å². The highest BCUT2D eigenvalue weighted by Crippen LogP contribution is 1.90. The van der Waals surface area contributed by atoms with Crippen molar-refractivity contribution in [3.8, 4) is 0 Å². The van der Waals surface area contributed by atoms with Gasteiger partial charge in [0.2, 0.25) is 53.2 Å². The van der Waals surface area contributed by atoms with E-state index in [0.29, 0.717) is 0 Å². The summed E-state index contributed by atoms with van der Waals surface area (Å²) in [6, 6.07) is 0. The molecule has 0 aliphatic heterocycles. The van der Waals surface area contributed by atoms with Crippen molar-refractivity contribution in [2.24, 2.45) is 0 Å². The van der Waals surface area contributed by atoms with Crippen LogP contribution in [0.4, 0.5) is 0 Å². The van der Waals surface area contributed by atoms with E-state index < -0.39 is 106 Å². The smallest absolute Gasteiger partial charge is 0.323 e. The van der Waals surface area contributed by atoms with E-state index in [-0.39, 0.29) is 19.0 Å². The third-order valence-corrected chi connectivity index (χ3v) is 6.10. The number of carboxylic acid groups (broad SMARTS) is 1. The predicted octanol–water partition coefficient (Wildman–Crippen LogP) is -6.95. The number of hydrogen-bond acceptors (Lipinski definition) is 11. The van der Waals surface area contributed by atoms with Crippen molar-refractivity contribution in [1.82, 2.24) is 51.1 Å². The number of nitrogens with zero attached hydrogens (tertiary/aromatic N) is 5. The molecule has 264 valence electrons. The fraction of sp³-hybridized carbons (Fsp3) is 0.615. The minimum atomic E-state index is -1.22. The molecular formula is C26H44N10O11. The van der Waals surface area contributed by atoms with Crippen molar-refractivity contribution in [2.45, 2.75) is 0 Å². The number of carbonyl (C=O) groups is 10. The van der Waals surface area contributed by atoms with Gasteiger partial charge in [-0.3, -0.25) is 47.9 Å². The zero-order valence-electron chi connectivity index (χ0n) is 27.3. The summed E-state index contributed by atoms with van der Waals surface area (Å²) >= 11 is 0. The molecule has 0 atom stereocenters. The third kappa shape index (κ3) is 18.3. The van der Waals surface area contributed by atoms with Crippen LogP contribution in [0.2, 0.25) is 0 Å². The van der Waals surface area contributed by atoms with Crippen molar-refractivity contribution < 1.29 is 53.1 Å². The summed E-state index contributed by atoms with van der Waals surface area (Å²) in [5, 5.41) is 20.6. The van der Waals surface area contributed by atoms with Gasteiger partial charge in [0, 0.05) is 35.2 Å². The summed E-state index contributed by atoms with van der Waals surface area (Å²) in [5.41, 5.74) is 0. The topological polar surface area (TPSA) is 267 Å². The lowest BCUT2D eigenvalue weighted by atomic mass is 10.4. The molecule has 0 aromatic carbocycles. The van der Waals surface area contributed by atoms with Crippen molar-refractivity contribution >= 4 is 59.1 Å². The van der Waals surface area contributed by atoms with Gasteiger partial charge in [0.1, 0.15) is 6.54 Å². The van der Waals surface area contributed by atoms with Crippen LogP contribution in [0.3, 0.4) is 0 Å². The van der Waals surface area contributed by atoms with Gasteiger partial charge in [0.15, 0.2) is 0 Å². The van der Waals surface area contributed by atoms with E-state index in [0.717, 1.165) is 19.6 Å². The number of nitrogens with one attached hydrogen (secondary N) is 5. The average Bonchev–Trinajstić information content (AvgIpc) is 2.99. The van der Waals surface area contributed by atoms with E-state index >= 15 is 0 Å².